The van der Waals surface area contributed by atoms with Crippen LogP contribution in [0.2, 0.25) is 0 Å². The Morgan fingerprint density at radius 1 is 1.40 bits per heavy atom. The van der Waals surface area contributed by atoms with Crippen LogP contribution in [0.3, 0.4) is 0 Å². The average Bonchev–Trinajstić information content (AvgIpc) is 2.71. The van der Waals surface area contributed by atoms with Crippen LogP contribution in [0.5, 0.6) is 0 Å². The van der Waals surface area contributed by atoms with Gasteiger partial charge >= 0.3 is 0 Å². The molecular weight excluding hydrogens is 188 g/mol. The highest BCUT2D eigenvalue weighted by Crippen LogP contribution is 1.91. The highest BCUT2D eigenvalue weighted by Gasteiger charge is 1.89. The summed E-state index contributed by atoms with van der Waals surface area (Å²) in [7, 11) is 0. The van der Waals surface area contributed by atoms with E-state index in [1.54, 1.807) is 23.1 Å². The summed E-state index contributed by atoms with van der Waals surface area (Å²) in [6, 6.07) is 3.67. The Labute approximate surface area is 88.0 Å². The smallest absolute Gasteiger partial charge is 0.126 e. The molecule has 0 bridgehead atoms. The Morgan fingerprint density at radius 2 is 2.33 bits per heavy atom. The predicted molar refractivity (Wildman–Crippen MR) is 55.9 cm³/mol. The first-order valence-corrected chi connectivity index (χ1v) is 4.60. The second-order valence-corrected chi connectivity index (χ2v) is 2.99. The highest BCUT2D eigenvalue weighted by atomic mass is 15.3. The molecular formula is C11H10N4. The second-order valence-electron chi connectivity index (χ2n) is 2.99. The van der Waals surface area contributed by atoms with Gasteiger partial charge in [0.25, 0.3) is 0 Å². The van der Waals surface area contributed by atoms with Gasteiger partial charge in [-0.25, -0.2) is 9.97 Å². The van der Waals surface area contributed by atoms with Crippen molar-refractivity contribution in [3.8, 4) is 11.8 Å². The van der Waals surface area contributed by atoms with Gasteiger partial charge in [-0.15, -0.1) is 0 Å². The van der Waals surface area contributed by atoms with Crippen molar-refractivity contribution in [1.82, 2.24) is 19.7 Å². The largest absolute Gasteiger partial charge is 0.261 e. The minimum atomic E-state index is 0.579. The summed E-state index contributed by atoms with van der Waals surface area (Å²) in [5.41, 5.74) is 0.745. The van der Waals surface area contributed by atoms with E-state index in [4.69, 9.17) is 0 Å². The maximum atomic E-state index is 4.18. The molecule has 0 saturated heterocycles. The second kappa shape index (κ2) is 4.38. The number of nitrogens with zero attached hydrogens (tertiary/aromatic N) is 4. The van der Waals surface area contributed by atoms with Gasteiger partial charge in [0.1, 0.15) is 18.1 Å². The lowest BCUT2D eigenvalue weighted by molar-refractivity contribution is 0.715. The average molecular weight is 198 g/mol. The summed E-state index contributed by atoms with van der Waals surface area (Å²) >= 11 is 0. The van der Waals surface area contributed by atoms with Crippen LogP contribution in [-0.2, 0) is 6.54 Å². The van der Waals surface area contributed by atoms with Crippen molar-refractivity contribution in [2.24, 2.45) is 0 Å². The Balaban J connectivity index is 2.06. The highest BCUT2D eigenvalue weighted by molar-refractivity contribution is 5.26. The van der Waals surface area contributed by atoms with Crippen molar-refractivity contribution in [2.45, 2.75) is 13.5 Å². The number of rotatable bonds is 1. The van der Waals surface area contributed by atoms with E-state index < -0.39 is 0 Å². The predicted octanol–water partition coefficient (Wildman–Crippen LogP) is 1.03. The third-order valence-corrected chi connectivity index (χ3v) is 1.79. The quantitative estimate of drug-likeness (QED) is 0.643. The lowest BCUT2D eigenvalue weighted by Gasteiger charge is -1.92. The molecule has 0 spiro atoms. The van der Waals surface area contributed by atoms with Crippen molar-refractivity contribution in [1.29, 1.82) is 0 Å². The Morgan fingerprint density at radius 3 is 3.07 bits per heavy atom. The van der Waals surface area contributed by atoms with Gasteiger partial charge in [-0.1, -0.05) is 5.92 Å². The Bertz CT molecular complexity index is 491. The van der Waals surface area contributed by atoms with Crippen molar-refractivity contribution in [3.63, 3.8) is 0 Å². The van der Waals surface area contributed by atoms with Gasteiger partial charge in [0.15, 0.2) is 0 Å². The molecule has 74 valence electrons. The Hall–Kier alpha value is -2.15. The van der Waals surface area contributed by atoms with Gasteiger partial charge < -0.3 is 0 Å². The van der Waals surface area contributed by atoms with E-state index in [-0.39, 0.29) is 0 Å². The monoisotopic (exact) mass is 198 g/mol. The molecule has 0 N–H and O–H groups in total. The standard InChI is InChI=1S/C11H10N4/c1-10-12-7-5-11(14-10)4-2-8-15-9-3-6-13-15/h3,5-7,9H,8H2,1H3. The summed E-state index contributed by atoms with van der Waals surface area (Å²) in [4.78, 5) is 8.18. The van der Waals surface area contributed by atoms with Gasteiger partial charge in [0, 0.05) is 18.6 Å². The molecule has 4 heteroatoms. The van der Waals surface area contributed by atoms with E-state index >= 15 is 0 Å². The Kier molecular flexibility index (Phi) is 2.75. The SMILES string of the molecule is Cc1nccc(C#CCn2cccn2)n1. The number of hydrogen-bond donors (Lipinski definition) is 0. The summed E-state index contributed by atoms with van der Waals surface area (Å²) in [6.45, 7) is 2.43. The zero-order valence-electron chi connectivity index (χ0n) is 8.38. The topological polar surface area (TPSA) is 43.6 Å². The summed E-state index contributed by atoms with van der Waals surface area (Å²) in [5, 5.41) is 4.05. The molecule has 4 nitrogen and oxygen atoms in total. The van der Waals surface area contributed by atoms with Crippen molar-refractivity contribution in [2.75, 3.05) is 0 Å². The molecule has 0 aliphatic rings. The molecule has 0 saturated carbocycles. The summed E-state index contributed by atoms with van der Waals surface area (Å²) in [6.07, 6.45) is 5.32. The van der Waals surface area contributed by atoms with E-state index in [0.717, 1.165) is 11.5 Å². The van der Waals surface area contributed by atoms with Gasteiger partial charge in [0.05, 0.1) is 0 Å². The fraction of sp³-hybridized carbons (Fsp3) is 0.182. The fourth-order valence-electron chi connectivity index (χ4n) is 1.13. The van der Waals surface area contributed by atoms with Gasteiger partial charge in [-0.05, 0) is 25.0 Å². The number of aromatic nitrogens is 4. The normalized spacial score (nSPS) is 9.40. The summed E-state index contributed by atoms with van der Waals surface area (Å²) < 4.78 is 1.76. The van der Waals surface area contributed by atoms with Gasteiger partial charge in [0.2, 0.25) is 0 Å². The molecule has 0 aromatic carbocycles. The van der Waals surface area contributed by atoms with Gasteiger partial charge in [-0.2, -0.15) is 5.10 Å². The maximum absolute atomic E-state index is 4.18. The first-order valence-electron chi connectivity index (χ1n) is 4.60. The minimum absolute atomic E-state index is 0.579. The molecule has 0 unspecified atom stereocenters. The lowest BCUT2D eigenvalue weighted by atomic mass is 10.4. The summed E-state index contributed by atoms with van der Waals surface area (Å²) in [5.74, 6) is 6.69. The van der Waals surface area contributed by atoms with E-state index in [1.165, 1.54) is 0 Å². The van der Waals surface area contributed by atoms with E-state index in [1.807, 2.05) is 19.2 Å². The molecule has 2 rings (SSSR count). The van der Waals surface area contributed by atoms with Crippen LogP contribution in [0.4, 0.5) is 0 Å². The van der Waals surface area contributed by atoms with Crippen molar-refractivity contribution in [3.05, 3.63) is 42.2 Å². The molecule has 15 heavy (non-hydrogen) atoms. The number of aryl methyl sites for hydroxylation is 1. The van der Waals surface area contributed by atoms with E-state index in [0.29, 0.717) is 6.54 Å². The van der Waals surface area contributed by atoms with Crippen LogP contribution in [0.15, 0.2) is 30.7 Å². The fourth-order valence-corrected chi connectivity index (χ4v) is 1.13. The third-order valence-electron chi connectivity index (χ3n) is 1.79. The maximum Gasteiger partial charge on any atom is 0.126 e. The molecule has 0 radical (unpaired) electrons. The van der Waals surface area contributed by atoms with Crippen molar-refractivity contribution < 1.29 is 0 Å². The van der Waals surface area contributed by atoms with Crippen molar-refractivity contribution >= 4 is 0 Å². The molecule has 2 aromatic rings. The van der Waals surface area contributed by atoms with Crippen LogP contribution >= 0.6 is 0 Å². The van der Waals surface area contributed by atoms with Gasteiger partial charge in [-0.3, -0.25) is 4.68 Å². The lowest BCUT2D eigenvalue weighted by Crippen LogP contribution is -1.95. The first kappa shape index (κ1) is 9.41. The molecule has 2 heterocycles. The third kappa shape index (κ3) is 2.64. The van der Waals surface area contributed by atoms with Crippen LogP contribution in [0.25, 0.3) is 0 Å². The zero-order chi connectivity index (χ0) is 10.5. The molecule has 0 fully saturated rings. The van der Waals surface area contributed by atoms with Crippen LogP contribution < -0.4 is 0 Å². The van der Waals surface area contributed by atoms with E-state index in [2.05, 4.69) is 26.9 Å². The van der Waals surface area contributed by atoms with Crippen LogP contribution in [-0.4, -0.2) is 19.7 Å². The molecule has 2 aromatic heterocycles. The zero-order valence-corrected chi connectivity index (χ0v) is 8.38. The molecule has 0 aliphatic carbocycles. The minimum Gasteiger partial charge on any atom is -0.261 e. The molecule has 0 atom stereocenters. The van der Waals surface area contributed by atoms with Crippen LogP contribution in [0.1, 0.15) is 11.5 Å². The van der Waals surface area contributed by atoms with Crippen LogP contribution in [0, 0.1) is 18.8 Å². The van der Waals surface area contributed by atoms with E-state index in [9.17, 15) is 0 Å². The molecule has 0 aliphatic heterocycles. The number of hydrogen-bond acceptors (Lipinski definition) is 3. The molecule has 0 amide bonds. The first-order chi connectivity index (χ1) is 7.34.